The van der Waals surface area contributed by atoms with Crippen molar-refractivity contribution in [3.63, 3.8) is 0 Å². The molecule has 1 N–H and O–H groups in total. The van der Waals surface area contributed by atoms with Crippen LogP contribution in [0.5, 0.6) is 0 Å². The molecule has 1 saturated carbocycles. The third kappa shape index (κ3) is 2.93. The molecule has 0 aromatic heterocycles. The van der Waals surface area contributed by atoms with Crippen LogP contribution in [0.4, 0.5) is 0 Å². The SMILES string of the molecule is COC1CCCC1NC(=O)c1ccc(C)c(Br)c1. The van der Waals surface area contributed by atoms with Crippen LogP contribution in [0.2, 0.25) is 0 Å². The molecule has 98 valence electrons. The van der Waals surface area contributed by atoms with Gasteiger partial charge in [-0.15, -0.1) is 0 Å². The van der Waals surface area contributed by atoms with E-state index in [9.17, 15) is 4.79 Å². The fourth-order valence-corrected chi connectivity index (χ4v) is 2.74. The van der Waals surface area contributed by atoms with E-state index in [4.69, 9.17) is 4.74 Å². The predicted octanol–water partition coefficient (Wildman–Crippen LogP) is 3.05. The molecular weight excluding hydrogens is 294 g/mol. The number of amides is 1. The fraction of sp³-hybridized carbons (Fsp3) is 0.500. The second-order valence-corrected chi connectivity index (χ2v) is 5.60. The largest absolute Gasteiger partial charge is 0.379 e. The van der Waals surface area contributed by atoms with Crippen LogP contribution in [0, 0.1) is 6.92 Å². The van der Waals surface area contributed by atoms with E-state index in [0.29, 0.717) is 5.56 Å². The van der Waals surface area contributed by atoms with Crippen molar-refractivity contribution < 1.29 is 9.53 Å². The van der Waals surface area contributed by atoms with Gasteiger partial charge in [-0.2, -0.15) is 0 Å². The van der Waals surface area contributed by atoms with Crippen molar-refractivity contribution in [1.82, 2.24) is 5.32 Å². The summed E-state index contributed by atoms with van der Waals surface area (Å²) in [6.45, 7) is 2.00. The van der Waals surface area contributed by atoms with Crippen LogP contribution in [-0.4, -0.2) is 25.2 Å². The van der Waals surface area contributed by atoms with Crippen molar-refractivity contribution >= 4 is 21.8 Å². The lowest BCUT2D eigenvalue weighted by Gasteiger charge is -2.19. The second-order valence-electron chi connectivity index (χ2n) is 4.75. The zero-order valence-corrected chi connectivity index (χ0v) is 12.3. The van der Waals surface area contributed by atoms with Crippen LogP contribution in [0.15, 0.2) is 22.7 Å². The normalized spacial score (nSPS) is 23.1. The Kier molecular flexibility index (Phi) is 4.40. The lowest BCUT2D eigenvalue weighted by Crippen LogP contribution is -2.40. The molecule has 0 radical (unpaired) electrons. The van der Waals surface area contributed by atoms with Gasteiger partial charge in [0.05, 0.1) is 12.1 Å². The van der Waals surface area contributed by atoms with E-state index < -0.39 is 0 Å². The Morgan fingerprint density at radius 1 is 1.44 bits per heavy atom. The molecule has 0 bridgehead atoms. The van der Waals surface area contributed by atoms with Gasteiger partial charge in [0.25, 0.3) is 5.91 Å². The standard InChI is InChI=1S/C14H18BrNO2/c1-9-6-7-10(8-11(9)15)14(17)16-12-4-3-5-13(12)18-2/h6-8,12-13H,3-5H2,1-2H3,(H,16,17). The zero-order chi connectivity index (χ0) is 13.1. The van der Waals surface area contributed by atoms with E-state index in [1.807, 2.05) is 25.1 Å². The first kappa shape index (κ1) is 13.6. The highest BCUT2D eigenvalue weighted by Gasteiger charge is 2.28. The maximum atomic E-state index is 12.1. The Morgan fingerprint density at radius 2 is 2.22 bits per heavy atom. The average molecular weight is 312 g/mol. The van der Waals surface area contributed by atoms with Crippen LogP contribution in [0.1, 0.15) is 35.2 Å². The van der Waals surface area contributed by atoms with Gasteiger partial charge < -0.3 is 10.1 Å². The summed E-state index contributed by atoms with van der Waals surface area (Å²) in [6, 6.07) is 5.80. The van der Waals surface area contributed by atoms with Crippen molar-refractivity contribution in [3.05, 3.63) is 33.8 Å². The number of hydrogen-bond donors (Lipinski definition) is 1. The summed E-state index contributed by atoms with van der Waals surface area (Å²) in [5.74, 6) is -0.0235. The maximum absolute atomic E-state index is 12.1. The smallest absolute Gasteiger partial charge is 0.251 e. The third-order valence-electron chi connectivity index (χ3n) is 3.51. The topological polar surface area (TPSA) is 38.3 Å². The van der Waals surface area contributed by atoms with Crippen molar-refractivity contribution in [2.75, 3.05) is 7.11 Å². The molecule has 1 amide bonds. The molecule has 4 heteroatoms. The minimum absolute atomic E-state index is 0.0235. The molecule has 0 aliphatic heterocycles. The number of ether oxygens (including phenoxy) is 1. The summed E-state index contributed by atoms with van der Waals surface area (Å²) in [4.78, 5) is 12.1. The molecule has 1 aliphatic rings. The summed E-state index contributed by atoms with van der Waals surface area (Å²) in [5.41, 5.74) is 1.82. The number of nitrogens with one attached hydrogen (secondary N) is 1. The van der Waals surface area contributed by atoms with E-state index >= 15 is 0 Å². The van der Waals surface area contributed by atoms with Crippen LogP contribution in [0.25, 0.3) is 0 Å². The van der Waals surface area contributed by atoms with Crippen LogP contribution in [0.3, 0.4) is 0 Å². The van der Waals surface area contributed by atoms with Gasteiger partial charge in [0, 0.05) is 17.1 Å². The highest BCUT2D eigenvalue weighted by molar-refractivity contribution is 9.10. The van der Waals surface area contributed by atoms with E-state index in [-0.39, 0.29) is 18.1 Å². The number of carbonyl (C=O) groups excluding carboxylic acids is 1. The number of benzene rings is 1. The number of methoxy groups -OCH3 is 1. The predicted molar refractivity (Wildman–Crippen MR) is 74.8 cm³/mol. The van der Waals surface area contributed by atoms with E-state index in [0.717, 1.165) is 29.3 Å². The van der Waals surface area contributed by atoms with E-state index in [2.05, 4.69) is 21.2 Å². The number of halogens is 1. The first-order chi connectivity index (χ1) is 8.61. The van der Waals surface area contributed by atoms with Crippen molar-refractivity contribution in [2.24, 2.45) is 0 Å². The van der Waals surface area contributed by atoms with Gasteiger partial charge in [0.15, 0.2) is 0 Å². The molecule has 0 spiro atoms. The highest BCUT2D eigenvalue weighted by atomic mass is 79.9. The maximum Gasteiger partial charge on any atom is 0.251 e. The average Bonchev–Trinajstić information content (AvgIpc) is 2.79. The van der Waals surface area contributed by atoms with Gasteiger partial charge >= 0.3 is 0 Å². The van der Waals surface area contributed by atoms with Crippen molar-refractivity contribution in [3.8, 4) is 0 Å². The van der Waals surface area contributed by atoms with Gasteiger partial charge in [0.1, 0.15) is 0 Å². The lowest BCUT2D eigenvalue weighted by atomic mass is 10.1. The molecule has 0 saturated heterocycles. The van der Waals surface area contributed by atoms with E-state index in [1.165, 1.54) is 0 Å². The molecule has 1 aromatic carbocycles. The minimum Gasteiger partial charge on any atom is -0.379 e. The number of hydrogen-bond acceptors (Lipinski definition) is 2. The van der Waals surface area contributed by atoms with Gasteiger partial charge in [-0.1, -0.05) is 22.0 Å². The Bertz CT molecular complexity index is 447. The Morgan fingerprint density at radius 3 is 2.89 bits per heavy atom. The van der Waals surface area contributed by atoms with Gasteiger partial charge in [-0.05, 0) is 43.9 Å². The molecular formula is C14H18BrNO2. The highest BCUT2D eigenvalue weighted by Crippen LogP contribution is 2.22. The molecule has 18 heavy (non-hydrogen) atoms. The second kappa shape index (κ2) is 5.85. The van der Waals surface area contributed by atoms with Gasteiger partial charge in [0.2, 0.25) is 0 Å². The molecule has 0 heterocycles. The lowest BCUT2D eigenvalue weighted by molar-refractivity contribution is 0.0722. The number of rotatable bonds is 3. The summed E-state index contributed by atoms with van der Waals surface area (Å²) >= 11 is 3.45. The Hall–Kier alpha value is -0.870. The molecule has 2 rings (SSSR count). The quantitative estimate of drug-likeness (QED) is 0.931. The van der Waals surface area contributed by atoms with Crippen LogP contribution >= 0.6 is 15.9 Å². The van der Waals surface area contributed by atoms with Crippen LogP contribution < -0.4 is 5.32 Å². The molecule has 1 aromatic rings. The van der Waals surface area contributed by atoms with E-state index in [1.54, 1.807) is 7.11 Å². The van der Waals surface area contributed by atoms with Gasteiger partial charge in [-0.25, -0.2) is 0 Å². The first-order valence-corrected chi connectivity index (χ1v) is 7.01. The fourth-order valence-electron chi connectivity index (χ4n) is 2.36. The number of carbonyl (C=O) groups is 1. The van der Waals surface area contributed by atoms with Crippen LogP contribution in [-0.2, 0) is 4.74 Å². The summed E-state index contributed by atoms with van der Waals surface area (Å²) in [5, 5.41) is 3.06. The van der Waals surface area contributed by atoms with Crippen molar-refractivity contribution in [2.45, 2.75) is 38.3 Å². The minimum atomic E-state index is -0.0235. The molecule has 2 unspecified atom stereocenters. The summed E-state index contributed by atoms with van der Waals surface area (Å²) < 4.78 is 6.34. The Labute approximate surface area is 116 Å². The van der Waals surface area contributed by atoms with Gasteiger partial charge in [-0.3, -0.25) is 4.79 Å². The summed E-state index contributed by atoms with van der Waals surface area (Å²) in [7, 11) is 1.71. The number of aryl methyl sites for hydroxylation is 1. The molecule has 1 fully saturated rings. The van der Waals surface area contributed by atoms with Crippen molar-refractivity contribution in [1.29, 1.82) is 0 Å². The molecule has 3 nitrogen and oxygen atoms in total. The molecule has 1 aliphatic carbocycles. The third-order valence-corrected chi connectivity index (χ3v) is 4.36. The first-order valence-electron chi connectivity index (χ1n) is 6.21. The summed E-state index contributed by atoms with van der Waals surface area (Å²) in [6.07, 6.45) is 3.29. The Balaban J connectivity index is 2.05. The molecule has 2 atom stereocenters. The zero-order valence-electron chi connectivity index (χ0n) is 10.7. The monoisotopic (exact) mass is 311 g/mol.